The van der Waals surface area contributed by atoms with E-state index in [1.807, 2.05) is 0 Å². The second-order valence-electron chi connectivity index (χ2n) is 4.41. The molecule has 1 aromatic heterocycles. The molecule has 1 unspecified atom stereocenters. The van der Waals surface area contributed by atoms with E-state index in [0.29, 0.717) is 23.2 Å². The molecule has 0 saturated carbocycles. The summed E-state index contributed by atoms with van der Waals surface area (Å²) in [6, 6.07) is 0.960. The first kappa shape index (κ1) is 13.1. The van der Waals surface area contributed by atoms with Gasteiger partial charge in [0.25, 0.3) is 5.91 Å². The first-order valence-corrected chi connectivity index (χ1v) is 6.59. The van der Waals surface area contributed by atoms with Crippen LogP contribution in [0.1, 0.15) is 35.4 Å². The standard InChI is InChI=1S/C12H14BrNO4/c1-7-6-9(13)18-10(7)11(15)14-5-3-2-4-8(14)12(16)17/h6,8H,2-5H2,1H3,(H,16,17). The van der Waals surface area contributed by atoms with Gasteiger partial charge in [-0.2, -0.15) is 0 Å². The zero-order chi connectivity index (χ0) is 13.3. The maximum atomic E-state index is 12.3. The van der Waals surface area contributed by atoms with Crippen LogP contribution in [0.4, 0.5) is 0 Å². The number of aliphatic carboxylic acids is 1. The molecule has 1 aromatic rings. The lowest BCUT2D eigenvalue weighted by Crippen LogP contribution is -2.48. The highest BCUT2D eigenvalue weighted by Gasteiger charge is 2.34. The van der Waals surface area contributed by atoms with Crippen LogP contribution in [0.3, 0.4) is 0 Å². The maximum Gasteiger partial charge on any atom is 0.326 e. The maximum absolute atomic E-state index is 12.3. The van der Waals surface area contributed by atoms with E-state index in [4.69, 9.17) is 9.52 Å². The predicted octanol–water partition coefficient (Wildman–Crippen LogP) is 2.43. The minimum Gasteiger partial charge on any atom is -0.480 e. The van der Waals surface area contributed by atoms with Crippen LogP contribution >= 0.6 is 15.9 Å². The topological polar surface area (TPSA) is 70.8 Å². The van der Waals surface area contributed by atoms with Crippen LogP contribution in [0.25, 0.3) is 0 Å². The number of aryl methyl sites for hydroxylation is 1. The van der Waals surface area contributed by atoms with E-state index in [1.54, 1.807) is 13.0 Å². The van der Waals surface area contributed by atoms with Crippen molar-refractivity contribution in [1.29, 1.82) is 0 Å². The van der Waals surface area contributed by atoms with E-state index in [1.165, 1.54) is 4.90 Å². The van der Waals surface area contributed by atoms with Crippen molar-refractivity contribution in [2.75, 3.05) is 6.54 Å². The Labute approximate surface area is 113 Å². The van der Waals surface area contributed by atoms with Crippen molar-refractivity contribution >= 4 is 27.8 Å². The molecule has 0 aromatic carbocycles. The summed E-state index contributed by atoms with van der Waals surface area (Å²) in [5.74, 6) is -1.08. The lowest BCUT2D eigenvalue weighted by Gasteiger charge is -2.32. The molecule has 2 rings (SSSR count). The van der Waals surface area contributed by atoms with Gasteiger partial charge in [0.2, 0.25) is 0 Å². The number of nitrogens with zero attached hydrogens (tertiary/aromatic N) is 1. The second kappa shape index (κ2) is 5.14. The van der Waals surface area contributed by atoms with Crippen LogP contribution in [0.2, 0.25) is 0 Å². The molecule has 1 N–H and O–H groups in total. The number of furan rings is 1. The molecule has 0 bridgehead atoms. The lowest BCUT2D eigenvalue weighted by molar-refractivity contribution is -0.143. The molecule has 6 heteroatoms. The number of carbonyl (C=O) groups is 2. The lowest BCUT2D eigenvalue weighted by atomic mass is 10.0. The number of hydrogen-bond acceptors (Lipinski definition) is 3. The second-order valence-corrected chi connectivity index (χ2v) is 5.19. The first-order valence-electron chi connectivity index (χ1n) is 5.80. The fourth-order valence-corrected chi connectivity index (χ4v) is 2.72. The van der Waals surface area contributed by atoms with E-state index in [0.717, 1.165) is 12.8 Å². The Morgan fingerprint density at radius 2 is 2.22 bits per heavy atom. The number of hydrogen-bond donors (Lipinski definition) is 1. The third kappa shape index (κ3) is 2.43. The Morgan fingerprint density at radius 1 is 1.50 bits per heavy atom. The summed E-state index contributed by atoms with van der Waals surface area (Å²) >= 11 is 3.17. The van der Waals surface area contributed by atoms with Crippen molar-refractivity contribution in [2.45, 2.75) is 32.2 Å². The summed E-state index contributed by atoms with van der Waals surface area (Å²) in [5, 5.41) is 9.15. The molecule has 18 heavy (non-hydrogen) atoms. The third-order valence-electron chi connectivity index (χ3n) is 3.13. The van der Waals surface area contributed by atoms with Crippen molar-refractivity contribution in [2.24, 2.45) is 0 Å². The highest BCUT2D eigenvalue weighted by molar-refractivity contribution is 9.10. The van der Waals surface area contributed by atoms with Gasteiger partial charge in [-0.3, -0.25) is 4.79 Å². The molecular weight excluding hydrogens is 302 g/mol. The Morgan fingerprint density at radius 3 is 2.78 bits per heavy atom. The van der Waals surface area contributed by atoms with Crippen LogP contribution in [0, 0.1) is 6.92 Å². The minimum absolute atomic E-state index is 0.218. The van der Waals surface area contributed by atoms with E-state index in [2.05, 4.69) is 15.9 Å². The van der Waals surface area contributed by atoms with E-state index >= 15 is 0 Å². The molecule has 1 aliphatic rings. The van der Waals surface area contributed by atoms with E-state index in [-0.39, 0.29) is 11.7 Å². The molecule has 2 heterocycles. The summed E-state index contributed by atoms with van der Waals surface area (Å²) < 4.78 is 5.77. The van der Waals surface area contributed by atoms with Gasteiger partial charge in [0.05, 0.1) is 0 Å². The highest BCUT2D eigenvalue weighted by Crippen LogP contribution is 2.25. The Hall–Kier alpha value is -1.30. The molecular formula is C12H14BrNO4. The smallest absolute Gasteiger partial charge is 0.326 e. The largest absolute Gasteiger partial charge is 0.480 e. The predicted molar refractivity (Wildman–Crippen MR) is 67.5 cm³/mol. The molecule has 98 valence electrons. The number of halogens is 1. The van der Waals surface area contributed by atoms with Gasteiger partial charge in [-0.1, -0.05) is 0 Å². The Kier molecular flexibility index (Phi) is 3.75. The van der Waals surface area contributed by atoms with Gasteiger partial charge in [-0.05, 0) is 48.2 Å². The summed E-state index contributed by atoms with van der Waals surface area (Å²) in [6.07, 6.45) is 2.17. The summed E-state index contributed by atoms with van der Waals surface area (Å²) in [6.45, 7) is 2.23. The van der Waals surface area contributed by atoms with Crippen LogP contribution in [-0.2, 0) is 4.79 Å². The molecule has 1 atom stereocenters. The molecule has 5 nitrogen and oxygen atoms in total. The first-order chi connectivity index (χ1) is 8.50. The molecule has 1 saturated heterocycles. The van der Waals surface area contributed by atoms with Crippen molar-refractivity contribution in [1.82, 2.24) is 4.90 Å². The molecule has 0 spiro atoms. The molecule has 1 fully saturated rings. The van der Waals surface area contributed by atoms with Gasteiger partial charge in [-0.15, -0.1) is 0 Å². The van der Waals surface area contributed by atoms with Crippen molar-refractivity contribution < 1.29 is 19.1 Å². The minimum atomic E-state index is -0.952. The van der Waals surface area contributed by atoms with Gasteiger partial charge >= 0.3 is 5.97 Å². The van der Waals surface area contributed by atoms with Gasteiger partial charge < -0.3 is 14.4 Å². The van der Waals surface area contributed by atoms with Crippen molar-refractivity contribution in [3.8, 4) is 0 Å². The zero-order valence-corrected chi connectivity index (χ0v) is 11.6. The van der Waals surface area contributed by atoms with Crippen molar-refractivity contribution in [3.63, 3.8) is 0 Å². The van der Waals surface area contributed by atoms with E-state index in [9.17, 15) is 9.59 Å². The number of carboxylic acids is 1. The van der Waals surface area contributed by atoms with Gasteiger partial charge in [0.1, 0.15) is 6.04 Å². The van der Waals surface area contributed by atoms with Crippen LogP contribution in [-0.4, -0.2) is 34.5 Å². The van der Waals surface area contributed by atoms with Gasteiger partial charge in [0.15, 0.2) is 10.4 Å². The fraction of sp³-hybridized carbons (Fsp3) is 0.500. The highest BCUT2D eigenvalue weighted by atomic mass is 79.9. The average Bonchev–Trinajstić information content (AvgIpc) is 2.67. The normalized spacial score (nSPS) is 19.9. The number of piperidine rings is 1. The number of rotatable bonds is 2. The summed E-state index contributed by atoms with van der Waals surface area (Å²) in [4.78, 5) is 24.8. The van der Waals surface area contributed by atoms with Crippen LogP contribution in [0.5, 0.6) is 0 Å². The summed E-state index contributed by atoms with van der Waals surface area (Å²) in [5.41, 5.74) is 0.710. The monoisotopic (exact) mass is 315 g/mol. The Balaban J connectivity index is 2.26. The number of likely N-dealkylation sites (tertiary alicyclic amines) is 1. The third-order valence-corrected chi connectivity index (χ3v) is 3.52. The van der Waals surface area contributed by atoms with Crippen molar-refractivity contribution in [3.05, 3.63) is 22.1 Å². The summed E-state index contributed by atoms with van der Waals surface area (Å²) in [7, 11) is 0. The number of carboxylic acid groups (broad SMARTS) is 1. The Bertz CT molecular complexity index is 482. The molecule has 0 radical (unpaired) electrons. The number of amides is 1. The zero-order valence-electron chi connectivity index (χ0n) is 9.98. The van der Waals surface area contributed by atoms with Gasteiger partial charge in [-0.25, -0.2) is 4.79 Å². The SMILES string of the molecule is Cc1cc(Br)oc1C(=O)N1CCCCC1C(=O)O. The fourth-order valence-electron chi connectivity index (χ4n) is 2.22. The average molecular weight is 316 g/mol. The molecule has 1 aliphatic heterocycles. The molecule has 1 amide bonds. The molecule has 0 aliphatic carbocycles. The quantitative estimate of drug-likeness (QED) is 0.910. The van der Waals surface area contributed by atoms with Crippen LogP contribution < -0.4 is 0 Å². The number of carbonyl (C=O) groups excluding carboxylic acids is 1. The van der Waals surface area contributed by atoms with E-state index < -0.39 is 12.0 Å². The van der Waals surface area contributed by atoms with Crippen LogP contribution in [0.15, 0.2) is 15.2 Å². The van der Waals surface area contributed by atoms with Gasteiger partial charge in [0, 0.05) is 12.1 Å².